The van der Waals surface area contributed by atoms with Gasteiger partial charge in [0.05, 0.1) is 0 Å². The minimum Gasteiger partial charge on any atom is -0.481 e. The minimum atomic E-state index is -0.748. The molecule has 1 aromatic heterocycles. The average Bonchev–Trinajstić information content (AvgIpc) is 3.22. The molecular formula is C26H29N3O4. The Morgan fingerprint density at radius 3 is 2.67 bits per heavy atom. The molecule has 3 N–H and O–H groups in total. The molecule has 33 heavy (non-hydrogen) atoms. The van der Waals surface area contributed by atoms with E-state index >= 15 is 0 Å². The van der Waals surface area contributed by atoms with Gasteiger partial charge in [0.1, 0.15) is 11.9 Å². The lowest BCUT2D eigenvalue weighted by molar-refractivity contribution is -0.138. The van der Waals surface area contributed by atoms with Gasteiger partial charge in [-0.15, -0.1) is 0 Å². The van der Waals surface area contributed by atoms with Gasteiger partial charge in [-0.1, -0.05) is 24.3 Å². The van der Waals surface area contributed by atoms with E-state index < -0.39 is 5.97 Å². The number of hydrogen-bond donors (Lipinski definition) is 3. The monoisotopic (exact) mass is 447 g/mol. The molecule has 3 aromatic rings. The van der Waals surface area contributed by atoms with Crippen LogP contribution in [-0.4, -0.2) is 39.7 Å². The zero-order valence-electron chi connectivity index (χ0n) is 18.5. The maximum Gasteiger partial charge on any atom is 0.410 e. The Hall–Kier alpha value is -3.48. The molecule has 1 aliphatic heterocycles. The van der Waals surface area contributed by atoms with Crippen LogP contribution in [0.2, 0.25) is 0 Å². The summed E-state index contributed by atoms with van der Waals surface area (Å²) in [7, 11) is 0. The number of anilines is 2. The Balaban J connectivity index is 1.16. The lowest BCUT2D eigenvalue weighted by Gasteiger charge is -2.32. The highest BCUT2D eigenvalue weighted by atomic mass is 16.6. The topological polar surface area (TPSA) is 94.7 Å². The molecular weight excluding hydrogens is 418 g/mol. The second kappa shape index (κ2) is 9.17. The summed E-state index contributed by atoms with van der Waals surface area (Å²) in [5, 5.41) is 13.6. The normalized spacial score (nSPS) is 20.3. The number of carboxylic acid groups (broad SMARTS) is 1. The largest absolute Gasteiger partial charge is 0.481 e. The van der Waals surface area contributed by atoms with Crippen molar-refractivity contribution >= 4 is 34.5 Å². The number of carboxylic acids is 1. The van der Waals surface area contributed by atoms with Crippen molar-refractivity contribution in [3.63, 3.8) is 0 Å². The van der Waals surface area contributed by atoms with E-state index in [1.165, 1.54) is 10.9 Å². The number of amides is 1. The van der Waals surface area contributed by atoms with Crippen LogP contribution in [0.4, 0.5) is 16.3 Å². The van der Waals surface area contributed by atoms with Crippen molar-refractivity contribution in [1.82, 2.24) is 9.88 Å². The number of aromatic amines is 1. The Morgan fingerprint density at radius 2 is 1.88 bits per heavy atom. The van der Waals surface area contributed by atoms with Gasteiger partial charge < -0.3 is 25.0 Å². The van der Waals surface area contributed by atoms with Crippen molar-refractivity contribution in [2.45, 2.75) is 51.2 Å². The van der Waals surface area contributed by atoms with E-state index in [1.54, 1.807) is 4.90 Å². The first-order valence-corrected chi connectivity index (χ1v) is 11.7. The first-order valence-electron chi connectivity index (χ1n) is 11.7. The van der Waals surface area contributed by atoms with E-state index in [0.29, 0.717) is 13.1 Å². The maximum atomic E-state index is 12.7. The van der Waals surface area contributed by atoms with Gasteiger partial charge in [0, 0.05) is 36.1 Å². The van der Waals surface area contributed by atoms with Gasteiger partial charge in [-0.25, -0.2) is 4.79 Å². The lowest BCUT2D eigenvalue weighted by atomic mass is 9.85. The zero-order chi connectivity index (χ0) is 22.8. The van der Waals surface area contributed by atoms with Gasteiger partial charge in [-0.3, -0.25) is 4.79 Å². The summed E-state index contributed by atoms with van der Waals surface area (Å²) >= 11 is 0. The fourth-order valence-corrected chi connectivity index (χ4v) is 5.00. The molecule has 5 rings (SSSR count). The number of fused-ring (bicyclic) bond motifs is 2. The third-order valence-corrected chi connectivity index (χ3v) is 6.81. The highest BCUT2D eigenvalue weighted by Crippen LogP contribution is 2.30. The minimum absolute atomic E-state index is 0.105. The van der Waals surface area contributed by atoms with Gasteiger partial charge >= 0.3 is 12.1 Å². The summed E-state index contributed by atoms with van der Waals surface area (Å²) in [6, 6.07) is 16.6. The SMILES string of the molecule is O=C(O)CC1CCC(OC(=O)N2CCc3cc(Nc4cc5ccccc5[nH]4)ccc3C2)CC1. The number of nitrogens with zero attached hydrogens (tertiary/aromatic N) is 1. The predicted molar refractivity (Wildman–Crippen MR) is 127 cm³/mol. The van der Waals surface area contributed by atoms with Crippen LogP contribution in [0.5, 0.6) is 0 Å². The molecule has 0 unspecified atom stereocenters. The molecule has 0 bridgehead atoms. The molecule has 1 amide bonds. The Morgan fingerprint density at radius 1 is 1.06 bits per heavy atom. The highest BCUT2D eigenvalue weighted by molar-refractivity contribution is 5.84. The molecule has 7 heteroatoms. The van der Waals surface area contributed by atoms with Gasteiger partial charge in [0.2, 0.25) is 0 Å². The van der Waals surface area contributed by atoms with Gasteiger partial charge in [-0.05, 0) is 73.4 Å². The predicted octanol–water partition coefficient (Wildman–Crippen LogP) is 5.44. The van der Waals surface area contributed by atoms with Gasteiger partial charge in [0.25, 0.3) is 0 Å². The number of ether oxygens (including phenoxy) is 1. The Kier molecular flexibility index (Phi) is 5.94. The van der Waals surface area contributed by atoms with Crippen LogP contribution in [0.25, 0.3) is 10.9 Å². The first kappa shape index (κ1) is 21.4. The number of hydrogen-bond acceptors (Lipinski definition) is 4. The number of carbonyl (C=O) groups excluding carboxylic acids is 1. The number of carbonyl (C=O) groups is 2. The van der Waals surface area contributed by atoms with Crippen LogP contribution in [0.15, 0.2) is 48.5 Å². The molecule has 1 aliphatic carbocycles. The van der Waals surface area contributed by atoms with Crippen LogP contribution in [0, 0.1) is 5.92 Å². The molecule has 0 saturated heterocycles. The molecule has 1 fully saturated rings. The third-order valence-electron chi connectivity index (χ3n) is 6.81. The van der Waals surface area contributed by atoms with E-state index in [2.05, 4.69) is 40.6 Å². The summed E-state index contributed by atoms with van der Waals surface area (Å²) in [6.45, 7) is 1.19. The molecule has 2 aromatic carbocycles. The molecule has 172 valence electrons. The fourth-order valence-electron chi connectivity index (χ4n) is 5.00. The number of benzene rings is 2. The van der Waals surface area contributed by atoms with Crippen molar-refractivity contribution < 1.29 is 19.4 Å². The second-order valence-corrected chi connectivity index (χ2v) is 9.17. The number of rotatable bonds is 5. The molecule has 0 atom stereocenters. The number of para-hydroxylation sites is 1. The lowest BCUT2D eigenvalue weighted by Crippen LogP contribution is -2.39. The van der Waals surface area contributed by atoms with Crippen molar-refractivity contribution in [2.75, 3.05) is 11.9 Å². The standard InChI is InChI=1S/C26H29N3O4/c30-25(31)13-17-5-9-22(10-6-17)33-26(32)29-12-11-18-14-21(8-7-20(18)16-29)27-24-15-19-3-1-2-4-23(19)28-24/h1-4,7-8,14-15,17,22,27-28H,5-6,9-13,16H2,(H,30,31). The van der Waals surface area contributed by atoms with Crippen molar-refractivity contribution in [3.05, 3.63) is 59.7 Å². The summed E-state index contributed by atoms with van der Waals surface area (Å²) in [6.07, 6.45) is 3.74. The van der Waals surface area contributed by atoms with Gasteiger partial charge in [-0.2, -0.15) is 0 Å². The molecule has 7 nitrogen and oxygen atoms in total. The second-order valence-electron chi connectivity index (χ2n) is 9.17. The van der Waals surface area contributed by atoms with Crippen molar-refractivity contribution in [3.8, 4) is 0 Å². The summed E-state index contributed by atoms with van der Waals surface area (Å²) in [4.78, 5) is 28.8. The first-order chi connectivity index (χ1) is 16.0. The molecule has 0 radical (unpaired) electrons. The molecule has 1 saturated carbocycles. The van der Waals surface area contributed by atoms with E-state index in [-0.39, 0.29) is 24.5 Å². The van der Waals surface area contributed by atoms with E-state index in [0.717, 1.165) is 54.7 Å². The number of H-pyrrole nitrogens is 1. The molecule has 0 spiro atoms. The van der Waals surface area contributed by atoms with Gasteiger partial charge in [0.15, 0.2) is 0 Å². The highest BCUT2D eigenvalue weighted by Gasteiger charge is 2.28. The van der Waals surface area contributed by atoms with Crippen LogP contribution in [0.3, 0.4) is 0 Å². The summed E-state index contributed by atoms with van der Waals surface area (Å²) < 4.78 is 5.75. The van der Waals surface area contributed by atoms with Crippen LogP contribution in [0.1, 0.15) is 43.2 Å². The van der Waals surface area contributed by atoms with Crippen molar-refractivity contribution in [2.24, 2.45) is 5.92 Å². The summed E-state index contributed by atoms with van der Waals surface area (Å²) in [5.41, 5.74) is 4.51. The third kappa shape index (κ3) is 4.97. The smallest absolute Gasteiger partial charge is 0.410 e. The Bertz CT molecular complexity index is 1130. The van der Waals surface area contributed by atoms with E-state index in [4.69, 9.17) is 9.84 Å². The number of nitrogens with one attached hydrogen (secondary N) is 2. The quantitative estimate of drug-likeness (QED) is 0.484. The molecule has 2 aliphatic rings. The van der Waals surface area contributed by atoms with Crippen molar-refractivity contribution in [1.29, 1.82) is 0 Å². The summed E-state index contributed by atoms with van der Waals surface area (Å²) in [5.74, 6) is 0.406. The zero-order valence-corrected chi connectivity index (χ0v) is 18.5. The maximum absolute atomic E-state index is 12.7. The number of aliphatic carboxylic acids is 1. The van der Waals surface area contributed by atoms with Crippen LogP contribution < -0.4 is 5.32 Å². The average molecular weight is 448 g/mol. The Labute approximate surface area is 192 Å². The number of aromatic nitrogens is 1. The molecule has 2 heterocycles. The van der Waals surface area contributed by atoms with Crippen LogP contribution in [-0.2, 0) is 22.5 Å². The van der Waals surface area contributed by atoms with E-state index in [1.807, 2.05) is 18.2 Å². The van der Waals surface area contributed by atoms with E-state index in [9.17, 15) is 9.59 Å². The van der Waals surface area contributed by atoms with Crippen LogP contribution >= 0.6 is 0 Å². The fraction of sp³-hybridized carbons (Fsp3) is 0.385.